The van der Waals surface area contributed by atoms with E-state index in [-0.39, 0.29) is 22.5 Å². The van der Waals surface area contributed by atoms with Crippen molar-refractivity contribution in [2.75, 3.05) is 0 Å². The van der Waals surface area contributed by atoms with E-state index >= 15 is 0 Å². The Morgan fingerprint density at radius 3 is 2.70 bits per heavy atom. The molecule has 6 nitrogen and oxygen atoms in total. The van der Waals surface area contributed by atoms with Crippen LogP contribution in [0, 0.1) is 12.3 Å². The molecule has 1 saturated carbocycles. The predicted molar refractivity (Wildman–Crippen MR) is 77.7 cm³/mol. The Morgan fingerprint density at radius 1 is 1.55 bits per heavy atom. The van der Waals surface area contributed by atoms with Crippen LogP contribution in [0.15, 0.2) is 11.2 Å². The van der Waals surface area contributed by atoms with Crippen molar-refractivity contribution in [2.45, 2.75) is 64.2 Å². The zero-order chi connectivity index (χ0) is 15.1. The second-order valence-electron chi connectivity index (χ2n) is 6.16. The van der Waals surface area contributed by atoms with Crippen LogP contribution in [0.2, 0.25) is 0 Å². The minimum atomic E-state index is -3.57. The predicted octanol–water partition coefficient (Wildman–Crippen LogP) is 1.01. The number of hydrogen-bond donors (Lipinski definition) is 2. The van der Waals surface area contributed by atoms with Crippen LogP contribution in [-0.4, -0.2) is 30.1 Å². The molecule has 20 heavy (non-hydrogen) atoms. The van der Waals surface area contributed by atoms with Crippen molar-refractivity contribution in [3.05, 3.63) is 12.0 Å². The van der Waals surface area contributed by atoms with Crippen LogP contribution in [0.4, 0.5) is 0 Å². The quantitative estimate of drug-likeness (QED) is 0.849. The van der Waals surface area contributed by atoms with Gasteiger partial charge in [0.2, 0.25) is 0 Å². The van der Waals surface area contributed by atoms with Crippen LogP contribution in [0.25, 0.3) is 0 Å². The SMILES string of the molecule is CCCn1cc(S(=O)(=O)NC2CC(N)C2(C)C)nc1C. The second-order valence-corrected chi connectivity index (χ2v) is 7.82. The summed E-state index contributed by atoms with van der Waals surface area (Å²) in [5, 5.41) is 0.0970. The lowest BCUT2D eigenvalue weighted by Gasteiger charge is -2.50. The lowest BCUT2D eigenvalue weighted by Crippen LogP contribution is -2.64. The van der Waals surface area contributed by atoms with E-state index in [2.05, 4.69) is 9.71 Å². The van der Waals surface area contributed by atoms with E-state index in [1.807, 2.05) is 32.3 Å². The van der Waals surface area contributed by atoms with Crippen molar-refractivity contribution in [1.82, 2.24) is 14.3 Å². The van der Waals surface area contributed by atoms with Gasteiger partial charge in [0.25, 0.3) is 10.0 Å². The molecule has 1 aromatic rings. The van der Waals surface area contributed by atoms with E-state index in [0.717, 1.165) is 18.8 Å². The Morgan fingerprint density at radius 2 is 2.20 bits per heavy atom. The van der Waals surface area contributed by atoms with Gasteiger partial charge in [-0.15, -0.1) is 0 Å². The fourth-order valence-electron chi connectivity index (χ4n) is 2.48. The molecule has 0 spiro atoms. The van der Waals surface area contributed by atoms with Gasteiger partial charge >= 0.3 is 0 Å². The molecule has 0 bridgehead atoms. The van der Waals surface area contributed by atoms with Crippen molar-refractivity contribution in [3.8, 4) is 0 Å². The van der Waals surface area contributed by atoms with Crippen molar-refractivity contribution < 1.29 is 8.42 Å². The molecule has 114 valence electrons. The normalized spacial score (nSPS) is 25.4. The van der Waals surface area contributed by atoms with Crippen molar-refractivity contribution in [1.29, 1.82) is 0 Å². The summed E-state index contributed by atoms with van der Waals surface area (Å²) in [6, 6.07) is -0.0892. The molecule has 1 aromatic heterocycles. The topological polar surface area (TPSA) is 90.0 Å². The van der Waals surface area contributed by atoms with Gasteiger partial charge in [-0.1, -0.05) is 20.8 Å². The number of nitrogens with one attached hydrogen (secondary N) is 1. The van der Waals surface area contributed by atoms with Gasteiger partial charge in [0.1, 0.15) is 5.82 Å². The third kappa shape index (κ3) is 2.62. The zero-order valence-corrected chi connectivity index (χ0v) is 13.4. The minimum Gasteiger partial charge on any atom is -0.334 e. The van der Waals surface area contributed by atoms with E-state index in [0.29, 0.717) is 6.42 Å². The molecule has 2 atom stereocenters. The average molecular weight is 300 g/mol. The zero-order valence-electron chi connectivity index (χ0n) is 12.5. The number of nitrogens with zero attached hydrogens (tertiary/aromatic N) is 2. The van der Waals surface area contributed by atoms with E-state index in [1.165, 1.54) is 0 Å². The molecule has 1 heterocycles. The van der Waals surface area contributed by atoms with Crippen LogP contribution in [0.1, 0.15) is 39.4 Å². The van der Waals surface area contributed by atoms with E-state index < -0.39 is 10.0 Å². The standard InChI is InChI=1S/C13H24N4O2S/c1-5-6-17-8-12(15-9(17)2)20(18,19)16-11-7-10(14)13(11,3)4/h8,10-11,16H,5-7,14H2,1-4H3. The maximum Gasteiger partial charge on any atom is 0.259 e. The first kappa shape index (κ1) is 15.5. The molecule has 7 heteroatoms. The minimum absolute atomic E-state index is 0.0367. The fourth-order valence-corrected chi connectivity index (χ4v) is 3.90. The maximum absolute atomic E-state index is 12.4. The third-order valence-electron chi connectivity index (χ3n) is 4.33. The third-order valence-corrected chi connectivity index (χ3v) is 5.68. The Labute approximate surface area is 120 Å². The number of imidazole rings is 1. The molecule has 0 amide bonds. The summed E-state index contributed by atoms with van der Waals surface area (Å²) in [5.41, 5.74) is 5.70. The number of rotatable bonds is 5. The highest BCUT2D eigenvalue weighted by Crippen LogP contribution is 2.39. The molecule has 0 radical (unpaired) electrons. The van der Waals surface area contributed by atoms with Crippen LogP contribution >= 0.6 is 0 Å². The number of aryl methyl sites for hydroxylation is 2. The van der Waals surface area contributed by atoms with Gasteiger partial charge in [0.15, 0.2) is 5.03 Å². The Kier molecular flexibility index (Phi) is 3.96. The summed E-state index contributed by atoms with van der Waals surface area (Å²) >= 11 is 0. The highest BCUT2D eigenvalue weighted by molar-refractivity contribution is 7.89. The van der Waals surface area contributed by atoms with Gasteiger partial charge in [-0.2, -0.15) is 0 Å². The summed E-state index contributed by atoms with van der Waals surface area (Å²) in [6.07, 6.45) is 3.21. The first-order valence-electron chi connectivity index (χ1n) is 7.00. The van der Waals surface area contributed by atoms with Crippen LogP contribution in [-0.2, 0) is 16.6 Å². The molecule has 0 saturated heterocycles. The number of aromatic nitrogens is 2. The van der Waals surface area contributed by atoms with Crippen molar-refractivity contribution >= 4 is 10.0 Å². The van der Waals surface area contributed by atoms with Gasteiger partial charge in [0.05, 0.1) is 0 Å². The molecule has 1 aliphatic rings. The molecule has 3 N–H and O–H groups in total. The second kappa shape index (κ2) is 5.13. The molecule has 2 unspecified atom stereocenters. The summed E-state index contributed by atoms with van der Waals surface area (Å²) in [7, 11) is -3.57. The summed E-state index contributed by atoms with van der Waals surface area (Å²) in [6.45, 7) is 8.60. The summed E-state index contributed by atoms with van der Waals surface area (Å²) in [5.74, 6) is 0.719. The maximum atomic E-state index is 12.4. The van der Waals surface area contributed by atoms with Crippen LogP contribution in [0.5, 0.6) is 0 Å². The molecule has 0 aliphatic heterocycles. The lowest BCUT2D eigenvalue weighted by molar-refractivity contribution is 0.0903. The van der Waals surface area contributed by atoms with Gasteiger partial charge in [-0.25, -0.2) is 18.1 Å². The van der Waals surface area contributed by atoms with E-state index in [1.54, 1.807) is 6.20 Å². The molecular weight excluding hydrogens is 276 g/mol. The summed E-state index contributed by atoms with van der Waals surface area (Å²) in [4.78, 5) is 4.16. The van der Waals surface area contributed by atoms with Crippen LogP contribution in [0.3, 0.4) is 0 Å². The Hall–Kier alpha value is -0.920. The summed E-state index contributed by atoms with van der Waals surface area (Å²) < 4.78 is 29.3. The number of sulfonamides is 1. The molecule has 1 fully saturated rings. The van der Waals surface area contributed by atoms with Gasteiger partial charge in [0, 0.05) is 24.8 Å². The fraction of sp³-hybridized carbons (Fsp3) is 0.769. The van der Waals surface area contributed by atoms with Crippen LogP contribution < -0.4 is 10.5 Å². The van der Waals surface area contributed by atoms with Crippen molar-refractivity contribution in [2.24, 2.45) is 11.1 Å². The Bertz CT molecular complexity index is 592. The van der Waals surface area contributed by atoms with Gasteiger partial charge in [-0.05, 0) is 25.2 Å². The molecule has 0 aromatic carbocycles. The molecular formula is C13H24N4O2S. The van der Waals surface area contributed by atoms with E-state index in [4.69, 9.17) is 5.73 Å². The lowest BCUT2D eigenvalue weighted by atomic mass is 9.64. The monoisotopic (exact) mass is 300 g/mol. The van der Waals surface area contributed by atoms with Crippen molar-refractivity contribution in [3.63, 3.8) is 0 Å². The first-order chi connectivity index (χ1) is 9.18. The van der Waals surface area contributed by atoms with Gasteiger partial charge in [-0.3, -0.25) is 0 Å². The van der Waals surface area contributed by atoms with Gasteiger partial charge < -0.3 is 10.3 Å². The average Bonchev–Trinajstić information content (AvgIpc) is 2.72. The number of nitrogens with two attached hydrogens (primary N) is 1. The highest BCUT2D eigenvalue weighted by Gasteiger charge is 2.48. The Balaban J connectivity index is 2.17. The molecule has 1 aliphatic carbocycles. The molecule has 2 rings (SSSR count). The smallest absolute Gasteiger partial charge is 0.259 e. The van der Waals surface area contributed by atoms with E-state index in [9.17, 15) is 8.42 Å². The first-order valence-corrected chi connectivity index (χ1v) is 8.48. The highest BCUT2D eigenvalue weighted by atomic mass is 32.2. The largest absolute Gasteiger partial charge is 0.334 e. The number of hydrogen-bond acceptors (Lipinski definition) is 4.